The fraction of sp³-hybridized carbons (Fsp3) is 0.360. The van der Waals surface area contributed by atoms with Gasteiger partial charge < -0.3 is 25.8 Å². The first kappa shape index (κ1) is 22.2. The van der Waals surface area contributed by atoms with Gasteiger partial charge in [-0.2, -0.15) is 0 Å². The molecule has 1 atom stereocenters. The number of hydrogen-bond acceptors (Lipinski definition) is 7. The number of anilines is 2. The molecule has 7 heteroatoms. The Morgan fingerprint density at radius 2 is 1.69 bits per heavy atom. The highest BCUT2D eigenvalue weighted by molar-refractivity contribution is 5.70. The molecule has 1 aliphatic rings. The van der Waals surface area contributed by atoms with E-state index < -0.39 is 6.23 Å². The van der Waals surface area contributed by atoms with Crippen molar-refractivity contribution < 1.29 is 9.47 Å². The van der Waals surface area contributed by atoms with Crippen LogP contribution in [0.5, 0.6) is 0 Å². The van der Waals surface area contributed by atoms with Crippen molar-refractivity contribution in [2.24, 2.45) is 5.73 Å². The van der Waals surface area contributed by atoms with Crippen molar-refractivity contribution in [2.75, 3.05) is 36.9 Å². The summed E-state index contributed by atoms with van der Waals surface area (Å²) >= 11 is 0. The predicted molar refractivity (Wildman–Crippen MR) is 128 cm³/mol. The minimum absolute atomic E-state index is 0.339. The summed E-state index contributed by atoms with van der Waals surface area (Å²) in [6.07, 6.45) is -0.524. The highest BCUT2D eigenvalue weighted by Gasteiger charge is 2.19. The molecule has 4 rings (SSSR count). The molecule has 1 aromatic heterocycles. The highest BCUT2D eigenvalue weighted by atomic mass is 16.5. The highest BCUT2D eigenvalue weighted by Crippen LogP contribution is 2.29. The largest absolute Gasteiger partial charge is 0.399 e. The molecule has 0 radical (unpaired) electrons. The van der Waals surface area contributed by atoms with Crippen LogP contribution in [0.15, 0.2) is 54.6 Å². The first-order valence-corrected chi connectivity index (χ1v) is 10.9. The summed E-state index contributed by atoms with van der Waals surface area (Å²) in [6, 6.07) is 17.7. The van der Waals surface area contributed by atoms with Gasteiger partial charge in [0, 0.05) is 36.0 Å². The maximum Gasteiger partial charge on any atom is 0.162 e. The van der Waals surface area contributed by atoms with E-state index in [1.807, 2.05) is 75.4 Å². The molecule has 1 saturated heterocycles. The molecule has 2 heterocycles. The van der Waals surface area contributed by atoms with Crippen LogP contribution in [0.2, 0.25) is 0 Å². The molecule has 2 aromatic carbocycles. The lowest BCUT2D eigenvalue weighted by Crippen LogP contribution is -2.36. The second-order valence-electron chi connectivity index (χ2n) is 8.94. The summed E-state index contributed by atoms with van der Waals surface area (Å²) in [5, 5.41) is 0. The van der Waals surface area contributed by atoms with E-state index in [1.165, 1.54) is 0 Å². The van der Waals surface area contributed by atoms with Crippen LogP contribution in [0.1, 0.15) is 32.6 Å². The summed E-state index contributed by atoms with van der Waals surface area (Å²) in [5.74, 6) is 1.51. The van der Waals surface area contributed by atoms with E-state index in [0.717, 1.165) is 41.3 Å². The van der Waals surface area contributed by atoms with Crippen molar-refractivity contribution in [3.8, 4) is 22.6 Å². The van der Waals surface area contributed by atoms with E-state index in [9.17, 15) is 0 Å². The maximum atomic E-state index is 6.32. The third-order valence-electron chi connectivity index (χ3n) is 5.18. The van der Waals surface area contributed by atoms with Crippen molar-refractivity contribution in [2.45, 2.75) is 32.6 Å². The van der Waals surface area contributed by atoms with Crippen LogP contribution in [0.3, 0.4) is 0 Å². The summed E-state index contributed by atoms with van der Waals surface area (Å²) in [4.78, 5) is 12.0. The van der Waals surface area contributed by atoms with E-state index in [-0.39, 0.29) is 5.60 Å². The SMILES string of the molecule is CC(C)(C)OC(N)c1cccc(-c2cc(N3CCOCC3)nc(-c3cccc(N)c3)n2)c1. The van der Waals surface area contributed by atoms with Crippen molar-refractivity contribution >= 4 is 11.5 Å². The maximum absolute atomic E-state index is 6.32. The van der Waals surface area contributed by atoms with Crippen LogP contribution < -0.4 is 16.4 Å². The average Bonchev–Trinajstić information content (AvgIpc) is 2.78. The Morgan fingerprint density at radius 1 is 0.969 bits per heavy atom. The molecule has 0 amide bonds. The minimum Gasteiger partial charge on any atom is -0.399 e. The smallest absolute Gasteiger partial charge is 0.162 e. The Kier molecular flexibility index (Phi) is 6.41. The third kappa shape index (κ3) is 5.43. The number of benzene rings is 2. The zero-order valence-electron chi connectivity index (χ0n) is 18.9. The Bertz CT molecular complexity index is 1070. The van der Waals surface area contributed by atoms with Gasteiger partial charge in [0.25, 0.3) is 0 Å². The molecule has 1 unspecified atom stereocenters. The van der Waals surface area contributed by atoms with Crippen LogP contribution in [0, 0.1) is 0 Å². The zero-order valence-corrected chi connectivity index (χ0v) is 18.9. The number of nitrogens with two attached hydrogens (primary N) is 2. The molecule has 3 aromatic rings. The molecular formula is C25H31N5O2. The Balaban J connectivity index is 1.76. The zero-order chi connectivity index (χ0) is 22.7. The Hall–Kier alpha value is -3.00. The van der Waals surface area contributed by atoms with Gasteiger partial charge in [0.05, 0.1) is 24.5 Å². The Morgan fingerprint density at radius 3 is 2.41 bits per heavy atom. The molecular weight excluding hydrogens is 402 g/mol. The van der Waals surface area contributed by atoms with Gasteiger partial charge in [0.1, 0.15) is 12.0 Å². The first-order valence-electron chi connectivity index (χ1n) is 10.9. The standard InChI is InChI=1S/C25H31N5O2/c1-25(2,3)32-23(27)18-7-4-6-17(14-18)21-16-22(30-10-12-31-13-11-30)29-24(28-21)19-8-5-9-20(26)15-19/h4-9,14-16,23H,10-13,26-27H2,1-3H3. The molecule has 0 saturated carbocycles. The van der Waals surface area contributed by atoms with Crippen molar-refractivity contribution in [3.63, 3.8) is 0 Å². The van der Waals surface area contributed by atoms with Gasteiger partial charge in [-0.05, 0) is 44.5 Å². The lowest BCUT2D eigenvalue weighted by Gasteiger charge is -2.28. The molecule has 4 N–H and O–H groups in total. The van der Waals surface area contributed by atoms with Crippen molar-refractivity contribution in [1.29, 1.82) is 0 Å². The predicted octanol–water partition coefficient (Wildman–Crippen LogP) is 4.00. The van der Waals surface area contributed by atoms with Gasteiger partial charge in [0.15, 0.2) is 5.82 Å². The monoisotopic (exact) mass is 433 g/mol. The Labute approximate surface area is 189 Å². The van der Waals surface area contributed by atoms with E-state index in [2.05, 4.69) is 4.90 Å². The van der Waals surface area contributed by atoms with Crippen molar-refractivity contribution in [1.82, 2.24) is 9.97 Å². The molecule has 0 aliphatic carbocycles. The van der Waals surface area contributed by atoms with Gasteiger partial charge >= 0.3 is 0 Å². The minimum atomic E-state index is -0.524. The topological polar surface area (TPSA) is 99.5 Å². The van der Waals surface area contributed by atoms with Gasteiger partial charge in [-0.25, -0.2) is 9.97 Å². The summed E-state index contributed by atoms with van der Waals surface area (Å²) in [6.45, 7) is 8.92. The van der Waals surface area contributed by atoms with Gasteiger partial charge in [-0.1, -0.05) is 30.3 Å². The van der Waals surface area contributed by atoms with Crippen molar-refractivity contribution in [3.05, 3.63) is 60.2 Å². The fourth-order valence-corrected chi connectivity index (χ4v) is 3.67. The number of aromatic nitrogens is 2. The third-order valence-corrected chi connectivity index (χ3v) is 5.18. The van der Waals surface area contributed by atoms with Gasteiger partial charge in [-0.3, -0.25) is 0 Å². The van der Waals surface area contributed by atoms with E-state index in [0.29, 0.717) is 24.7 Å². The number of morpholine rings is 1. The quantitative estimate of drug-likeness (QED) is 0.463. The summed E-state index contributed by atoms with van der Waals surface area (Å²) in [7, 11) is 0. The molecule has 0 spiro atoms. The molecule has 1 fully saturated rings. The first-order chi connectivity index (χ1) is 15.3. The number of rotatable bonds is 5. The lowest BCUT2D eigenvalue weighted by molar-refractivity contribution is -0.0587. The molecule has 0 bridgehead atoms. The normalized spacial score (nSPS) is 15.6. The number of nitrogens with zero attached hydrogens (tertiary/aromatic N) is 3. The van der Waals surface area contributed by atoms with E-state index in [1.54, 1.807) is 0 Å². The van der Waals surface area contributed by atoms with Crippen LogP contribution in [0.25, 0.3) is 22.6 Å². The second-order valence-corrected chi connectivity index (χ2v) is 8.94. The number of nitrogen functional groups attached to an aromatic ring is 1. The molecule has 168 valence electrons. The van der Waals surface area contributed by atoms with E-state index >= 15 is 0 Å². The number of ether oxygens (including phenoxy) is 2. The molecule has 32 heavy (non-hydrogen) atoms. The second kappa shape index (κ2) is 9.24. The molecule has 7 nitrogen and oxygen atoms in total. The van der Waals surface area contributed by atoms with Crippen LogP contribution in [-0.2, 0) is 9.47 Å². The summed E-state index contributed by atoms with van der Waals surface area (Å²) < 4.78 is 11.5. The summed E-state index contributed by atoms with van der Waals surface area (Å²) in [5.41, 5.74) is 16.2. The van der Waals surface area contributed by atoms with E-state index in [4.69, 9.17) is 30.9 Å². The van der Waals surface area contributed by atoms with Crippen LogP contribution in [0.4, 0.5) is 11.5 Å². The van der Waals surface area contributed by atoms with Crippen LogP contribution in [-0.4, -0.2) is 41.9 Å². The fourth-order valence-electron chi connectivity index (χ4n) is 3.67. The molecule has 1 aliphatic heterocycles. The van der Waals surface area contributed by atoms with Gasteiger partial charge in [0.2, 0.25) is 0 Å². The van der Waals surface area contributed by atoms with Gasteiger partial charge in [-0.15, -0.1) is 0 Å². The lowest BCUT2D eigenvalue weighted by atomic mass is 10.1. The number of hydrogen-bond donors (Lipinski definition) is 2. The average molecular weight is 434 g/mol. The van der Waals surface area contributed by atoms with Crippen LogP contribution >= 0.6 is 0 Å².